The van der Waals surface area contributed by atoms with E-state index in [4.69, 9.17) is 0 Å². The van der Waals surface area contributed by atoms with Gasteiger partial charge < -0.3 is 4.74 Å². The molecule has 0 atom stereocenters. The second-order valence-corrected chi connectivity index (χ2v) is 2.62. The summed E-state index contributed by atoms with van der Waals surface area (Å²) in [6, 6.07) is 1.35. The SMILES string of the molecule is O=Cc1c(F)cc(OCC(F)F)cc1F. The molecule has 0 unspecified atom stereocenters. The minimum absolute atomic E-state index is 0.00155. The fourth-order valence-electron chi connectivity index (χ4n) is 0.916. The topological polar surface area (TPSA) is 26.3 Å². The molecule has 0 radical (unpaired) electrons. The first-order valence-electron chi connectivity index (χ1n) is 3.89. The molecule has 2 nitrogen and oxygen atoms in total. The van der Waals surface area contributed by atoms with E-state index in [0.29, 0.717) is 12.1 Å². The number of ether oxygens (including phenoxy) is 1. The molecule has 0 N–H and O–H groups in total. The molecule has 0 saturated carbocycles. The first kappa shape index (κ1) is 11.5. The predicted octanol–water partition coefficient (Wildman–Crippen LogP) is 2.42. The second kappa shape index (κ2) is 4.77. The van der Waals surface area contributed by atoms with Gasteiger partial charge in [-0.25, -0.2) is 17.6 Å². The van der Waals surface area contributed by atoms with Gasteiger partial charge in [-0.05, 0) is 0 Å². The molecule has 6 heteroatoms. The molecule has 15 heavy (non-hydrogen) atoms. The van der Waals surface area contributed by atoms with Crippen LogP contribution in [0.25, 0.3) is 0 Å². The van der Waals surface area contributed by atoms with Crippen LogP contribution in [0, 0.1) is 11.6 Å². The van der Waals surface area contributed by atoms with Crippen molar-refractivity contribution >= 4 is 6.29 Å². The van der Waals surface area contributed by atoms with E-state index in [-0.39, 0.29) is 12.0 Å². The molecule has 0 aliphatic rings. The summed E-state index contributed by atoms with van der Waals surface area (Å²) in [5.41, 5.74) is -0.751. The van der Waals surface area contributed by atoms with Crippen LogP contribution in [0.4, 0.5) is 17.6 Å². The zero-order valence-electron chi connectivity index (χ0n) is 7.34. The van der Waals surface area contributed by atoms with Gasteiger partial charge in [-0.3, -0.25) is 4.79 Å². The molecular formula is C9H6F4O2. The van der Waals surface area contributed by atoms with Crippen LogP contribution in [0.15, 0.2) is 12.1 Å². The Kier molecular flexibility index (Phi) is 3.65. The molecule has 0 heterocycles. The van der Waals surface area contributed by atoms with Gasteiger partial charge >= 0.3 is 0 Å². The zero-order valence-corrected chi connectivity index (χ0v) is 7.34. The van der Waals surface area contributed by atoms with Crippen molar-refractivity contribution in [3.63, 3.8) is 0 Å². The lowest BCUT2D eigenvalue weighted by molar-refractivity contribution is 0.0814. The Balaban J connectivity index is 2.88. The standard InChI is InChI=1S/C9H6F4O2/c10-7-1-5(15-4-9(12)13)2-8(11)6(7)3-14/h1-3,9H,4H2. The molecule has 1 aromatic rings. The highest BCUT2D eigenvalue weighted by atomic mass is 19.3. The van der Waals surface area contributed by atoms with Gasteiger partial charge in [-0.1, -0.05) is 0 Å². The number of hydrogen-bond acceptors (Lipinski definition) is 2. The summed E-state index contributed by atoms with van der Waals surface area (Å²) < 4.78 is 53.6. The summed E-state index contributed by atoms with van der Waals surface area (Å²) >= 11 is 0. The van der Waals surface area contributed by atoms with Gasteiger partial charge in [0.2, 0.25) is 0 Å². The normalized spacial score (nSPS) is 10.5. The van der Waals surface area contributed by atoms with E-state index in [2.05, 4.69) is 4.74 Å². The van der Waals surface area contributed by atoms with Gasteiger partial charge in [-0.2, -0.15) is 0 Å². The van der Waals surface area contributed by atoms with Crippen LogP contribution in [0.3, 0.4) is 0 Å². The highest BCUT2D eigenvalue weighted by Crippen LogP contribution is 2.19. The van der Waals surface area contributed by atoms with Crippen LogP contribution in [0.1, 0.15) is 10.4 Å². The molecule has 0 fully saturated rings. The van der Waals surface area contributed by atoms with Crippen LogP contribution in [-0.2, 0) is 0 Å². The summed E-state index contributed by atoms with van der Waals surface area (Å²) in [6.07, 6.45) is -2.73. The minimum atomic E-state index is -2.73. The van der Waals surface area contributed by atoms with Crippen molar-refractivity contribution in [3.8, 4) is 5.75 Å². The Labute approximate surface area is 82.5 Å². The third kappa shape index (κ3) is 2.93. The number of benzene rings is 1. The Bertz CT molecular complexity index is 342. The van der Waals surface area contributed by atoms with E-state index in [0.717, 1.165) is 0 Å². The fraction of sp³-hybridized carbons (Fsp3) is 0.222. The van der Waals surface area contributed by atoms with Crippen LogP contribution in [-0.4, -0.2) is 19.3 Å². The first-order valence-corrected chi connectivity index (χ1v) is 3.89. The average molecular weight is 222 g/mol. The van der Waals surface area contributed by atoms with Crippen molar-refractivity contribution in [2.45, 2.75) is 6.43 Å². The zero-order chi connectivity index (χ0) is 11.4. The van der Waals surface area contributed by atoms with Crippen molar-refractivity contribution in [2.24, 2.45) is 0 Å². The largest absolute Gasteiger partial charge is 0.487 e. The lowest BCUT2D eigenvalue weighted by Gasteiger charge is -2.06. The lowest BCUT2D eigenvalue weighted by Crippen LogP contribution is -2.08. The maximum atomic E-state index is 12.9. The van der Waals surface area contributed by atoms with Gasteiger partial charge in [0.05, 0.1) is 5.56 Å². The molecule has 0 aliphatic heterocycles. The van der Waals surface area contributed by atoms with Crippen molar-refractivity contribution < 1.29 is 27.1 Å². The number of hydrogen-bond donors (Lipinski definition) is 0. The summed E-state index contributed by atoms with van der Waals surface area (Å²) in [7, 11) is 0. The van der Waals surface area contributed by atoms with Crippen molar-refractivity contribution in [1.82, 2.24) is 0 Å². The maximum absolute atomic E-state index is 12.9. The molecule has 0 amide bonds. The minimum Gasteiger partial charge on any atom is -0.487 e. The van der Waals surface area contributed by atoms with Crippen LogP contribution in [0.2, 0.25) is 0 Å². The number of aldehydes is 1. The van der Waals surface area contributed by atoms with E-state index in [1.165, 1.54) is 0 Å². The number of alkyl halides is 2. The Morgan fingerprint density at radius 1 is 1.27 bits per heavy atom. The number of carbonyl (C=O) groups excluding carboxylic acids is 1. The third-order valence-corrected chi connectivity index (χ3v) is 1.55. The number of rotatable bonds is 4. The van der Waals surface area contributed by atoms with E-state index in [1.807, 2.05) is 0 Å². The van der Waals surface area contributed by atoms with E-state index >= 15 is 0 Å². The van der Waals surface area contributed by atoms with Gasteiger partial charge in [0, 0.05) is 12.1 Å². The smallest absolute Gasteiger partial charge is 0.272 e. The summed E-state index contributed by atoms with van der Waals surface area (Å²) in [5, 5.41) is 0. The fourth-order valence-corrected chi connectivity index (χ4v) is 0.916. The van der Waals surface area contributed by atoms with Crippen molar-refractivity contribution in [1.29, 1.82) is 0 Å². The molecule has 0 saturated heterocycles. The summed E-state index contributed by atoms with van der Waals surface area (Å²) in [4.78, 5) is 10.2. The van der Waals surface area contributed by atoms with Crippen LogP contribution in [0.5, 0.6) is 5.75 Å². The first-order chi connectivity index (χ1) is 7.04. The summed E-state index contributed by atoms with van der Waals surface area (Å²) in [6.45, 7) is -0.959. The highest BCUT2D eigenvalue weighted by Gasteiger charge is 2.12. The quantitative estimate of drug-likeness (QED) is 0.577. The van der Waals surface area contributed by atoms with Crippen molar-refractivity contribution in [2.75, 3.05) is 6.61 Å². The molecule has 0 spiro atoms. The molecule has 0 aliphatic carbocycles. The van der Waals surface area contributed by atoms with E-state index < -0.39 is 30.2 Å². The molecular weight excluding hydrogens is 216 g/mol. The number of halogens is 4. The van der Waals surface area contributed by atoms with Gasteiger partial charge in [-0.15, -0.1) is 0 Å². The van der Waals surface area contributed by atoms with Crippen LogP contribution < -0.4 is 4.74 Å². The second-order valence-electron chi connectivity index (χ2n) is 2.62. The molecule has 82 valence electrons. The van der Waals surface area contributed by atoms with E-state index in [1.54, 1.807) is 0 Å². The Morgan fingerprint density at radius 3 is 2.20 bits per heavy atom. The van der Waals surface area contributed by atoms with Crippen molar-refractivity contribution in [3.05, 3.63) is 29.3 Å². The lowest BCUT2D eigenvalue weighted by atomic mass is 10.2. The van der Waals surface area contributed by atoms with E-state index in [9.17, 15) is 22.4 Å². The van der Waals surface area contributed by atoms with Gasteiger partial charge in [0.15, 0.2) is 6.29 Å². The molecule has 0 bridgehead atoms. The monoisotopic (exact) mass is 222 g/mol. The Hall–Kier alpha value is -1.59. The number of carbonyl (C=O) groups is 1. The highest BCUT2D eigenvalue weighted by molar-refractivity contribution is 5.75. The maximum Gasteiger partial charge on any atom is 0.272 e. The third-order valence-electron chi connectivity index (χ3n) is 1.55. The average Bonchev–Trinajstić information content (AvgIpc) is 2.14. The Morgan fingerprint density at radius 2 is 1.80 bits per heavy atom. The molecule has 0 aromatic heterocycles. The van der Waals surface area contributed by atoms with Gasteiger partial charge in [0.25, 0.3) is 6.43 Å². The molecule has 1 aromatic carbocycles. The predicted molar refractivity (Wildman–Crippen MR) is 43.2 cm³/mol. The molecule has 1 rings (SSSR count). The van der Waals surface area contributed by atoms with Crippen LogP contribution >= 0.6 is 0 Å². The van der Waals surface area contributed by atoms with Gasteiger partial charge in [0.1, 0.15) is 24.0 Å². The summed E-state index contributed by atoms with van der Waals surface area (Å²) in [5.74, 6) is -2.67.